The van der Waals surface area contributed by atoms with Crippen molar-refractivity contribution >= 4 is 11.7 Å². The Morgan fingerprint density at radius 3 is 2.57 bits per heavy atom. The fraction of sp³-hybridized carbons (Fsp3) is 0.400. The van der Waals surface area contributed by atoms with Gasteiger partial charge in [-0.25, -0.2) is 5.32 Å². The lowest BCUT2D eigenvalue weighted by Gasteiger charge is -2.12. The van der Waals surface area contributed by atoms with Crippen LogP contribution in [0.15, 0.2) is 18.3 Å². The fourth-order valence-electron chi connectivity index (χ4n) is 1.23. The lowest BCUT2D eigenvalue weighted by atomic mass is 10.3. The number of amides is 1. The summed E-state index contributed by atoms with van der Waals surface area (Å²) in [5, 5.41) is 2.58. The first-order chi connectivity index (χ1) is 6.56. The molecule has 1 aromatic heterocycles. The summed E-state index contributed by atoms with van der Waals surface area (Å²) >= 11 is 0. The van der Waals surface area contributed by atoms with Crippen molar-refractivity contribution in [2.45, 2.75) is 6.92 Å². The van der Waals surface area contributed by atoms with Gasteiger partial charge in [0.25, 0.3) is 0 Å². The summed E-state index contributed by atoms with van der Waals surface area (Å²) in [5.41, 5.74) is 2.00. The zero-order chi connectivity index (χ0) is 10.7. The van der Waals surface area contributed by atoms with E-state index in [0.717, 1.165) is 11.4 Å². The van der Waals surface area contributed by atoms with Crippen LogP contribution in [0.3, 0.4) is 0 Å². The Morgan fingerprint density at radius 1 is 1.50 bits per heavy atom. The maximum absolute atomic E-state index is 11.4. The third kappa shape index (κ3) is 2.02. The summed E-state index contributed by atoms with van der Waals surface area (Å²) in [4.78, 5) is 13.4. The quantitative estimate of drug-likeness (QED) is 0.662. The molecule has 0 aromatic carbocycles. The molecule has 0 atom stereocenters. The molecule has 0 fully saturated rings. The number of rotatable bonds is 1. The van der Waals surface area contributed by atoms with Gasteiger partial charge in [0.15, 0.2) is 0 Å². The molecular weight excluding hydrogens is 178 g/mol. The summed E-state index contributed by atoms with van der Waals surface area (Å²) in [6.07, 6.45) is 1.77. The zero-order valence-corrected chi connectivity index (χ0v) is 9.03. The first-order valence-corrected chi connectivity index (χ1v) is 4.48. The van der Waals surface area contributed by atoms with E-state index >= 15 is 0 Å². The zero-order valence-electron chi connectivity index (χ0n) is 9.03. The van der Waals surface area contributed by atoms with Crippen LogP contribution in [0.4, 0.5) is 10.5 Å². The van der Waals surface area contributed by atoms with Gasteiger partial charge in [0.1, 0.15) is 11.9 Å². The Morgan fingerprint density at radius 2 is 2.14 bits per heavy atom. The largest absolute Gasteiger partial charge is 0.495 e. The van der Waals surface area contributed by atoms with Crippen molar-refractivity contribution in [3.05, 3.63) is 24.0 Å². The molecule has 1 rings (SSSR count). The van der Waals surface area contributed by atoms with Gasteiger partial charge in [-0.1, -0.05) is 0 Å². The third-order valence-corrected chi connectivity index (χ3v) is 2.08. The second-order valence-electron chi connectivity index (χ2n) is 3.35. The van der Waals surface area contributed by atoms with Crippen LogP contribution in [0, 0.1) is 6.92 Å². The Bertz CT molecular complexity index is 347. The molecule has 0 spiro atoms. The minimum Gasteiger partial charge on any atom is -0.377 e. The maximum atomic E-state index is 11.4. The van der Waals surface area contributed by atoms with E-state index in [1.165, 1.54) is 0 Å². The smallest absolute Gasteiger partial charge is 0.377 e. The monoisotopic (exact) mass is 194 g/mol. The predicted molar refractivity (Wildman–Crippen MR) is 55.6 cm³/mol. The van der Waals surface area contributed by atoms with Gasteiger partial charge in [-0.05, 0) is 6.92 Å². The Kier molecular flexibility index (Phi) is 3.06. The van der Waals surface area contributed by atoms with Gasteiger partial charge in [-0.2, -0.15) is 9.36 Å². The van der Waals surface area contributed by atoms with E-state index in [2.05, 4.69) is 5.32 Å². The van der Waals surface area contributed by atoms with Crippen molar-refractivity contribution < 1.29 is 9.36 Å². The Hall–Kier alpha value is -1.58. The topological polar surface area (TPSA) is 36.2 Å². The number of hydrogen-bond acceptors (Lipinski definition) is 2. The average Bonchev–Trinajstić information content (AvgIpc) is 2.16. The minimum absolute atomic E-state index is 0.118. The second kappa shape index (κ2) is 4.09. The third-order valence-electron chi connectivity index (χ3n) is 2.08. The summed E-state index contributed by atoms with van der Waals surface area (Å²) in [6, 6.07) is 3.75. The van der Waals surface area contributed by atoms with E-state index < -0.39 is 0 Å². The molecule has 0 aliphatic rings. The second-order valence-corrected chi connectivity index (χ2v) is 3.35. The molecule has 0 aliphatic heterocycles. The number of carbonyl (C=O) groups excluding carboxylic acids is 1. The van der Waals surface area contributed by atoms with Gasteiger partial charge in [-0.3, -0.25) is 0 Å². The minimum atomic E-state index is -0.118. The van der Waals surface area contributed by atoms with Crippen LogP contribution in [-0.2, 0) is 0 Å². The van der Waals surface area contributed by atoms with E-state index in [4.69, 9.17) is 0 Å². The number of aryl methyl sites for hydroxylation is 1. The first-order valence-electron chi connectivity index (χ1n) is 4.48. The summed E-state index contributed by atoms with van der Waals surface area (Å²) < 4.78 is 1.58. The van der Waals surface area contributed by atoms with E-state index in [-0.39, 0.29) is 6.03 Å². The number of pyridine rings is 1. The SMILES string of the molecule is CNC(=O)[n+]1ccc(N(C)C)cc1C. The van der Waals surface area contributed by atoms with Gasteiger partial charge in [0.05, 0.1) is 7.05 Å². The molecular formula is C10H16N3O+. The number of nitrogens with one attached hydrogen (secondary N) is 1. The lowest BCUT2D eigenvalue weighted by Crippen LogP contribution is -2.50. The van der Waals surface area contributed by atoms with Gasteiger partial charge < -0.3 is 4.90 Å². The molecule has 0 unspecified atom stereocenters. The maximum Gasteiger partial charge on any atom is 0.495 e. The predicted octanol–water partition coefficient (Wildman–Crippen LogP) is 0.536. The van der Waals surface area contributed by atoms with Crippen molar-refractivity contribution in [1.82, 2.24) is 5.32 Å². The highest BCUT2D eigenvalue weighted by molar-refractivity contribution is 5.64. The molecule has 14 heavy (non-hydrogen) atoms. The standard InChI is InChI=1S/C10H15N3O/c1-8-7-9(12(3)4)5-6-13(8)10(14)11-2/h5-7H,1-4H3/p+1. The molecule has 0 bridgehead atoms. The Balaban J connectivity index is 3.07. The van der Waals surface area contributed by atoms with Crippen LogP contribution < -0.4 is 14.8 Å². The van der Waals surface area contributed by atoms with E-state index in [1.807, 2.05) is 38.1 Å². The van der Waals surface area contributed by atoms with Crippen LogP contribution >= 0.6 is 0 Å². The van der Waals surface area contributed by atoms with Crippen molar-refractivity contribution in [1.29, 1.82) is 0 Å². The van der Waals surface area contributed by atoms with Gasteiger partial charge in [0, 0.05) is 31.9 Å². The summed E-state index contributed by atoms with van der Waals surface area (Å²) in [6.45, 7) is 1.90. The molecule has 1 amide bonds. The number of carbonyl (C=O) groups is 1. The summed E-state index contributed by atoms with van der Waals surface area (Å²) in [7, 11) is 5.56. The van der Waals surface area contributed by atoms with Crippen LogP contribution in [0.2, 0.25) is 0 Å². The molecule has 1 N–H and O–H groups in total. The van der Waals surface area contributed by atoms with Crippen LogP contribution in [0.5, 0.6) is 0 Å². The van der Waals surface area contributed by atoms with Crippen molar-refractivity contribution in [3.63, 3.8) is 0 Å². The molecule has 0 aliphatic carbocycles. The van der Waals surface area contributed by atoms with Gasteiger partial charge in [-0.15, -0.1) is 0 Å². The van der Waals surface area contributed by atoms with Gasteiger partial charge >= 0.3 is 6.03 Å². The number of aromatic nitrogens is 1. The first kappa shape index (κ1) is 10.5. The highest BCUT2D eigenvalue weighted by atomic mass is 16.2. The van der Waals surface area contributed by atoms with Crippen LogP contribution in [-0.4, -0.2) is 27.2 Å². The number of anilines is 1. The molecule has 4 nitrogen and oxygen atoms in total. The molecule has 0 saturated carbocycles. The van der Waals surface area contributed by atoms with Crippen molar-refractivity contribution in [2.75, 3.05) is 26.0 Å². The van der Waals surface area contributed by atoms with E-state index in [9.17, 15) is 4.79 Å². The highest BCUT2D eigenvalue weighted by Gasteiger charge is 2.13. The summed E-state index contributed by atoms with van der Waals surface area (Å²) in [5.74, 6) is 0. The number of nitrogens with zero attached hydrogens (tertiary/aromatic N) is 2. The average molecular weight is 194 g/mol. The normalized spacial score (nSPS) is 9.71. The molecule has 4 heteroatoms. The molecule has 0 radical (unpaired) electrons. The molecule has 1 aromatic rings. The molecule has 0 saturated heterocycles. The highest BCUT2D eigenvalue weighted by Crippen LogP contribution is 2.08. The fourth-order valence-corrected chi connectivity index (χ4v) is 1.23. The Labute approximate surface area is 84.2 Å². The number of hydrogen-bond donors (Lipinski definition) is 1. The van der Waals surface area contributed by atoms with Crippen LogP contribution in [0.25, 0.3) is 0 Å². The van der Waals surface area contributed by atoms with Crippen molar-refractivity contribution in [3.8, 4) is 0 Å². The van der Waals surface area contributed by atoms with Crippen LogP contribution in [0.1, 0.15) is 5.69 Å². The lowest BCUT2D eigenvalue weighted by molar-refractivity contribution is -0.578. The molecule has 76 valence electrons. The van der Waals surface area contributed by atoms with Gasteiger partial charge in [0.2, 0.25) is 0 Å². The molecule has 1 heterocycles. The van der Waals surface area contributed by atoms with E-state index in [1.54, 1.807) is 17.8 Å². The van der Waals surface area contributed by atoms with E-state index in [0.29, 0.717) is 0 Å². The van der Waals surface area contributed by atoms with Crippen molar-refractivity contribution in [2.24, 2.45) is 0 Å².